The zero-order valence-corrected chi connectivity index (χ0v) is 11.0. The fourth-order valence-electron chi connectivity index (χ4n) is 1.19. The molecule has 0 aliphatic carbocycles. The summed E-state index contributed by atoms with van der Waals surface area (Å²) >= 11 is 15.1. The van der Waals surface area contributed by atoms with Crippen LogP contribution in [-0.2, 0) is 0 Å². The number of hydrogen-bond acceptors (Lipinski definition) is 4. The Labute approximate surface area is 114 Å². The number of rotatable bonds is 4. The van der Waals surface area contributed by atoms with Crippen LogP contribution in [-0.4, -0.2) is 27.4 Å². The predicted octanol–water partition coefficient (Wildman–Crippen LogP) is 2.67. The number of hydrogen-bond donors (Lipinski definition) is 3. The summed E-state index contributed by atoms with van der Waals surface area (Å²) in [4.78, 5) is 10.4. The highest BCUT2D eigenvalue weighted by molar-refractivity contribution is 7.80. The minimum atomic E-state index is -1.06. The summed E-state index contributed by atoms with van der Waals surface area (Å²) in [6, 6.07) is 2.90. The van der Waals surface area contributed by atoms with Crippen molar-refractivity contribution < 1.29 is 15.0 Å². The highest BCUT2D eigenvalue weighted by atomic mass is 35.5. The third-order valence-corrected chi connectivity index (χ3v) is 2.98. The van der Waals surface area contributed by atoms with E-state index in [0.29, 0.717) is 16.7 Å². The van der Waals surface area contributed by atoms with Gasteiger partial charge in [0.1, 0.15) is 16.7 Å². The lowest BCUT2D eigenvalue weighted by Gasteiger charge is -2.08. The Bertz CT molecular complexity index is 447. The predicted molar refractivity (Wildman–Crippen MR) is 71.3 cm³/mol. The molecule has 0 heterocycles. The van der Waals surface area contributed by atoms with E-state index in [9.17, 15) is 15.0 Å². The maximum absolute atomic E-state index is 10.8. The zero-order valence-electron chi connectivity index (χ0n) is 8.55. The second kappa shape index (κ2) is 6.31. The molecule has 1 rings (SSSR count). The second-order valence-corrected chi connectivity index (χ2v) is 4.88. The first-order valence-electron chi connectivity index (χ1n) is 4.62. The van der Waals surface area contributed by atoms with E-state index in [1.165, 1.54) is 24.3 Å². The van der Waals surface area contributed by atoms with Crippen molar-refractivity contribution >= 4 is 48.2 Å². The molecule has 0 aliphatic rings. The Morgan fingerprint density at radius 3 is 2.47 bits per heavy atom. The number of alkyl halides is 2. The van der Waals surface area contributed by atoms with Gasteiger partial charge in [0.15, 0.2) is 6.29 Å². The number of phenolic OH excluding ortho intramolecular Hbond substituents is 1. The lowest BCUT2D eigenvalue weighted by molar-refractivity contribution is 0.112. The number of carbonyl (C=O) groups is 1. The normalized spacial score (nSPS) is 13.2. The number of aldehydes is 1. The Hall–Kier alpha value is -0.680. The molecule has 1 aromatic carbocycles. The van der Waals surface area contributed by atoms with E-state index in [0.717, 1.165) is 0 Å². The van der Waals surface area contributed by atoms with Gasteiger partial charge in [0.05, 0.1) is 5.56 Å². The molecule has 6 heteroatoms. The molecule has 0 saturated carbocycles. The molecule has 0 saturated heterocycles. The van der Waals surface area contributed by atoms with E-state index >= 15 is 0 Å². The quantitative estimate of drug-likeness (QED) is 0.454. The van der Waals surface area contributed by atoms with Gasteiger partial charge >= 0.3 is 0 Å². The van der Waals surface area contributed by atoms with E-state index in [1.807, 2.05) is 0 Å². The Morgan fingerprint density at radius 1 is 1.29 bits per heavy atom. The first-order chi connectivity index (χ1) is 7.97. The third-order valence-electron chi connectivity index (χ3n) is 2.08. The maximum atomic E-state index is 10.8. The largest absolute Gasteiger partial charge is 0.507 e. The standard InChI is InChI=1S/C11H10Cl2O3S/c12-11(13)9(16)2-1-6-7(5-14)8(15)3-4-10(6)17/h1-5,9,11,15-17H/b2-1+. The number of thiol groups is 1. The average Bonchev–Trinajstić information content (AvgIpc) is 2.29. The van der Waals surface area contributed by atoms with Gasteiger partial charge in [-0.2, -0.15) is 0 Å². The van der Waals surface area contributed by atoms with Crippen LogP contribution >= 0.6 is 35.8 Å². The molecule has 17 heavy (non-hydrogen) atoms. The molecular formula is C11H10Cl2O3S. The molecule has 0 amide bonds. The lowest BCUT2D eigenvalue weighted by atomic mass is 10.1. The van der Waals surface area contributed by atoms with Crippen LogP contribution in [0.5, 0.6) is 5.75 Å². The first kappa shape index (κ1) is 14.4. The SMILES string of the molecule is O=Cc1c(O)ccc(S)c1/C=C/C(O)C(Cl)Cl. The van der Waals surface area contributed by atoms with Crippen molar-refractivity contribution in [3.63, 3.8) is 0 Å². The molecule has 1 unspecified atom stereocenters. The fourth-order valence-corrected chi connectivity index (χ4v) is 1.63. The summed E-state index contributed by atoms with van der Waals surface area (Å²) in [5, 5.41) is 18.9. The van der Waals surface area contributed by atoms with Crippen molar-refractivity contribution in [1.29, 1.82) is 0 Å². The molecule has 92 valence electrons. The van der Waals surface area contributed by atoms with Crippen molar-refractivity contribution in [2.45, 2.75) is 15.8 Å². The van der Waals surface area contributed by atoms with Crippen molar-refractivity contribution in [3.8, 4) is 5.75 Å². The summed E-state index contributed by atoms with van der Waals surface area (Å²) in [6.45, 7) is 0. The van der Waals surface area contributed by atoms with Crippen LogP contribution in [0.4, 0.5) is 0 Å². The van der Waals surface area contributed by atoms with Gasteiger partial charge in [-0.25, -0.2) is 0 Å². The first-order valence-corrected chi connectivity index (χ1v) is 5.94. The lowest BCUT2D eigenvalue weighted by Crippen LogP contribution is -2.11. The summed E-state index contributed by atoms with van der Waals surface area (Å²) in [5.41, 5.74) is 0.498. The van der Waals surface area contributed by atoms with Crippen molar-refractivity contribution in [2.75, 3.05) is 0 Å². The summed E-state index contributed by atoms with van der Waals surface area (Å²) < 4.78 is 0. The van der Waals surface area contributed by atoms with Crippen molar-refractivity contribution in [3.05, 3.63) is 29.3 Å². The second-order valence-electron chi connectivity index (χ2n) is 3.23. The van der Waals surface area contributed by atoms with Crippen molar-refractivity contribution in [2.24, 2.45) is 0 Å². The van der Waals surface area contributed by atoms with Gasteiger partial charge in [-0.1, -0.05) is 12.2 Å². The summed E-state index contributed by atoms with van der Waals surface area (Å²) in [6.07, 6.45) is 2.22. The minimum Gasteiger partial charge on any atom is -0.507 e. The molecule has 0 aromatic heterocycles. The van der Waals surface area contributed by atoms with Gasteiger partial charge in [-0.05, 0) is 12.1 Å². The number of phenols is 1. The smallest absolute Gasteiger partial charge is 0.154 e. The summed E-state index contributed by atoms with van der Waals surface area (Å²) in [7, 11) is 0. The molecule has 2 N–H and O–H groups in total. The van der Waals surface area contributed by atoms with Gasteiger partial charge in [0.25, 0.3) is 0 Å². The number of carbonyl (C=O) groups excluding carboxylic acids is 1. The molecule has 0 spiro atoms. The van der Waals surface area contributed by atoms with Crippen molar-refractivity contribution in [1.82, 2.24) is 0 Å². The van der Waals surface area contributed by atoms with Gasteiger partial charge in [-0.15, -0.1) is 35.8 Å². The van der Waals surface area contributed by atoms with Crippen LogP contribution in [0.3, 0.4) is 0 Å². The van der Waals surface area contributed by atoms with Gasteiger partial charge in [-0.3, -0.25) is 4.79 Å². The highest BCUT2D eigenvalue weighted by Gasteiger charge is 2.11. The van der Waals surface area contributed by atoms with E-state index in [-0.39, 0.29) is 11.3 Å². The average molecular weight is 293 g/mol. The number of aliphatic hydroxyl groups excluding tert-OH is 1. The van der Waals surface area contributed by atoms with E-state index in [4.69, 9.17) is 23.2 Å². The zero-order chi connectivity index (χ0) is 13.0. The Kier molecular flexibility index (Phi) is 5.33. The van der Waals surface area contributed by atoms with Gasteiger partial charge in [0, 0.05) is 10.5 Å². The molecule has 0 radical (unpaired) electrons. The maximum Gasteiger partial charge on any atom is 0.154 e. The summed E-state index contributed by atoms with van der Waals surface area (Å²) in [5.74, 6) is -0.153. The van der Waals surface area contributed by atoms with Crippen LogP contribution in [0.15, 0.2) is 23.1 Å². The molecule has 1 atom stereocenters. The molecule has 3 nitrogen and oxygen atoms in total. The van der Waals surface area contributed by atoms with E-state index in [1.54, 1.807) is 0 Å². The fraction of sp³-hybridized carbons (Fsp3) is 0.182. The van der Waals surface area contributed by atoms with Gasteiger partial charge < -0.3 is 10.2 Å². The third kappa shape index (κ3) is 3.64. The molecule has 1 aromatic rings. The van der Waals surface area contributed by atoms with Gasteiger partial charge in [0.2, 0.25) is 0 Å². The van der Waals surface area contributed by atoms with Crippen LogP contribution in [0.1, 0.15) is 15.9 Å². The van der Waals surface area contributed by atoms with E-state index in [2.05, 4.69) is 12.6 Å². The molecule has 0 bridgehead atoms. The van der Waals surface area contributed by atoms with E-state index < -0.39 is 10.9 Å². The Balaban J connectivity index is 3.13. The monoisotopic (exact) mass is 292 g/mol. The van der Waals surface area contributed by atoms with Crippen LogP contribution in [0.25, 0.3) is 6.08 Å². The number of benzene rings is 1. The van der Waals surface area contributed by atoms with Crippen LogP contribution < -0.4 is 0 Å². The topological polar surface area (TPSA) is 57.5 Å². The Morgan fingerprint density at radius 2 is 1.94 bits per heavy atom. The van der Waals surface area contributed by atoms with Crippen LogP contribution in [0, 0.1) is 0 Å². The number of halogens is 2. The molecule has 0 fully saturated rings. The highest BCUT2D eigenvalue weighted by Crippen LogP contribution is 2.27. The van der Waals surface area contributed by atoms with Crippen LogP contribution in [0.2, 0.25) is 0 Å². The number of aromatic hydroxyl groups is 1. The molecular weight excluding hydrogens is 283 g/mol. The minimum absolute atomic E-state index is 0.0987. The number of aliphatic hydroxyl groups is 1. The molecule has 0 aliphatic heterocycles.